The maximum Gasteiger partial charge on any atom is 0.273 e. The lowest BCUT2D eigenvalue weighted by Gasteiger charge is -2.25. The molecule has 8 heteroatoms. The van der Waals surface area contributed by atoms with Crippen LogP contribution in [0.3, 0.4) is 0 Å². The summed E-state index contributed by atoms with van der Waals surface area (Å²) in [4.78, 5) is 24.2. The van der Waals surface area contributed by atoms with Crippen LogP contribution in [0.2, 0.25) is 0 Å². The molecule has 1 aliphatic heterocycles. The summed E-state index contributed by atoms with van der Waals surface area (Å²) in [5.41, 5.74) is 3.98. The smallest absolute Gasteiger partial charge is 0.273 e. The predicted molar refractivity (Wildman–Crippen MR) is 110 cm³/mol. The van der Waals surface area contributed by atoms with Gasteiger partial charge in [0.1, 0.15) is 5.82 Å². The second-order valence-electron chi connectivity index (χ2n) is 8.13. The van der Waals surface area contributed by atoms with Gasteiger partial charge in [-0.25, -0.2) is 9.97 Å². The van der Waals surface area contributed by atoms with E-state index in [0.717, 1.165) is 50.5 Å². The molecule has 1 saturated heterocycles. The summed E-state index contributed by atoms with van der Waals surface area (Å²) in [7, 11) is 0. The van der Waals surface area contributed by atoms with Crippen LogP contribution in [-0.2, 0) is 25.8 Å². The summed E-state index contributed by atoms with van der Waals surface area (Å²) >= 11 is 0. The van der Waals surface area contributed by atoms with E-state index < -0.39 is 0 Å². The number of nitrogens with zero attached hydrogens (tertiary/aromatic N) is 6. The quantitative estimate of drug-likeness (QED) is 0.765. The molecule has 0 bridgehead atoms. The van der Waals surface area contributed by atoms with E-state index in [0.29, 0.717) is 18.7 Å². The number of carbonyl (C=O) groups is 1. The summed E-state index contributed by atoms with van der Waals surface area (Å²) < 4.78 is 1.76. The van der Waals surface area contributed by atoms with Crippen molar-refractivity contribution in [2.75, 3.05) is 26.2 Å². The lowest BCUT2D eigenvalue weighted by molar-refractivity contribution is 0.0949. The first-order chi connectivity index (χ1) is 14.2. The van der Waals surface area contributed by atoms with Crippen LogP contribution in [0.15, 0.2) is 6.20 Å². The third-order valence-corrected chi connectivity index (χ3v) is 5.94. The molecule has 29 heavy (non-hydrogen) atoms. The van der Waals surface area contributed by atoms with Gasteiger partial charge in [-0.2, -0.15) is 0 Å². The Hall–Kier alpha value is -2.35. The molecule has 0 spiro atoms. The highest BCUT2D eigenvalue weighted by atomic mass is 16.2. The van der Waals surface area contributed by atoms with Crippen LogP contribution in [0.5, 0.6) is 0 Å². The first kappa shape index (κ1) is 19.9. The van der Waals surface area contributed by atoms with Crippen LogP contribution < -0.4 is 5.32 Å². The highest BCUT2D eigenvalue weighted by Crippen LogP contribution is 2.21. The normalized spacial score (nSPS) is 17.1. The van der Waals surface area contributed by atoms with Crippen LogP contribution in [0.4, 0.5) is 0 Å². The molecule has 8 nitrogen and oxygen atoms in total. The van der Waals surface area contributed by atoms with Gasteiger partial charge < -0.3 is 10.2 Å². The van der Waals surface area contributed by atoms with E-state index in [2.05, 4.69) is 32.4 Å². The Kier molecular flexibility index (Phi) is 6.49. The highest BCUT2D eigenvalue weighted by Gasteiger charge is 2.16. The van der Waals surface area contributed by atoms with Crippen LogP contribution >= 0.6 is 0 Å². The van der Waals surface area contributed by atoms with Crippen molar-refractivity contribution in [2.45, 2.75) is 64.8 Å². The van der Waals surface area contributed by atoms with Gasteiger partial charge in [-0.15, -0.1) is 5.10 Å². The molecular weight excluding hydrogens is 366 g/mol. The van der Waals surface area contributed by atoms with Gasteiger partial charge in [-0.1, -0.05) is 11.6 Å². The SMILES string of the molecule is Cc1nc(CCNC(=O)c2cn(CCN3CCCCC3)nn2)nc2c1CCCC2. The van der Waals surface area contributed by atoms with Gasteiger partial charge >= 0.3 is 0 Å². The Morgan fingerprint density at radius 1 is 1.07 bits per heavy atom. The maximum absolute atomic E-state index is 12.4. The van der Waals surface area contributed by atoms with Gasteiger partial charge in [-0.05, 0) is 64.1 Å². The Balaban J connectivity index is 1.25. The molecule has 0 unspecified atom stereocenters. The minimum atomic E-state index is -0.191. The number of amides is 1. The fourth-order valence-electron chi connectivity index (χ4n) is 4.27. The van der Waals surface area contributed by atoms with E-state index in [4.69, 9.17) is 4.98 Å². The third kappa shape index (κ3) is 5.18. The highest BCUT2D eigenvalue weighted by molar-refractivity contribution is 5.91. The average Bonchev–Trinajstić information content (AvgIpc) is 3.22. The summed E-state index contributed by atoms with van der Waals surface area (Å²) in [6.07, 6.45) is 10.8. The Labute approximate surface area is 172 Å². The van der Waals surface area contributed by atoms with Crippen molar-refractivity contribution < 1.29 is 4.79 Å². The average molecular weight is 398 g/mol. The maximum atomic E-state index is 12.4. The third-order valence-electron chi connectivity index (χ3n) is 5.94. The van der Waals surface area contributed by atoms with E-state index in [1.165, 1.54) is 43.4 Å². The van der Waals surface area contributed by atoms with Gasteiger partial charge in [0.2, 0.25) is 0 Å². The van der Waals surface area contributed by atoms with E-state index in [1.807, 2.05) is 0 Å². The number of nitrogens with one attached hydrogen (secondary N) is 1. The molecule has 1 N–H and O–H groups in total. The van der Waals surface area contributed by atoms with Crippen molar-refractivity contribution in [1.29, 1.82) is 0 Å². The molecule has 0 saturated carbocycles. The standard InChI is InChI=1S/C21H31N7O/c1-16-17-7-3-4-8-18(17)24-20(23-16)9-10-22-21(29)19-15-28(26-25-19)14-13-27-11-5-2-6-12-27/h15H,2-14H2,1H3,(H,22,29). The van der Waals surface area contributed by atoms with E-state index in [-0.39, 0.29) is 5.91 Å². The second-order valence-corrected chi connectivity index (χ2v) is 8.13. The molecule has 0 radical (unpaired) electrons. The number of hydrogen-bond donors (Lipinski definition) is 1. The Bertz CT molecular complexity index is 842. The zero-order chi connectivity index (χ0) is 20.1. The molecule has 1 fully saturated rings. The van der Waals surface area contributed by atoms with Gasteiger partial charge in [0.15, 0.2) is 5.69 Å². The van der Waals surface area contributed by atoms with Crippen LogP contribution in [0.25, 0.3) is 0 Å². The van der Waals surface area contributed by atoms with Crippen molar-refractivity contribution in [1.82, 2.24) is 35.2 Å². The van der Waals surface area contributed by atoms with Crippen LogP contribution in [-0.4, -0.2) is 61.9 Å². The first-order valence-corrected chi connectivity index (χ1v) is 10.9. The molecule has 0 aromatic carbocycles. The molecule has 156 valence electrons. The zero-order valence-electron chi connectivity index (χ0n) is 17.4. The monoisotopic (exact) mass is 397 g/mol. The molecule has 3 heterocycles. The largest absolute Gasteiger partial charge is 0.350 e. The first-order valence-electron chi connectivity index (χ1n) is 10.9. The van der Waals surface area contributed by atoms with Crippen molar-refractivity contribution in [2.24, 2.45) is 0 Å². The van der Waals surface area contributed by atoms with Gasteiger partial charge in [0.25, 0.3) is 5.91 Å². The van der Waals surface area contributed by atoms with Crippen molar-refractivity contribution in [3.05, 3.63) is 34.7 Å². The lowest BCUT2D eigenvalue weighted by Crippen LogP contribution is -2.32. The van der Waals surface area contributed by atoms with E-state index in [9.17, 15) is 4.79 Å². The zero-order valence-corrected chi connectivity index (χ0v) is 17.4. The van der Waals surface area contributed by atoms with E-state index in [1.54, 1.807) is 10.9 Å². The Morgan fingerprint density at radius 3 is 2.76 bits per heavy atom. The number of likely N-dealkylation sites (tertiary alicyclic amines) is 1. The van der Waals surface area contributed by atoms with Crippen LogP contribution in [0, 0.1) is 6.92 Å². The summed E-state index contributed by atoms with van der Waals surface area (Å²) in [5, 5.41) is 11.1. The molecule has 2 aliphatic rings. The number of aromatic nitrogens is 5. The summed E-state index contributed by atoms with van der Waals surface area (Å²) in [6, 6.07) is 0. The molecule has 1 amide bonds. The minimum Gasteiger partial charge on any atom is -0.350 e. The predicted octanol–water partition coefficient (Wildman–Crippen LogP) is 1.71. The number of hydrogen-bond acceptors (Lipinski definition) is 6. The van der Waals surface area contributed by atoms with Crippen molar-refractivity contribution in [3.8, 4) is 0 Å². The molecule has 1 aliphatic carbocycles. The number of aryl methyl sites for hydroxylation is 2. The molecule has 0 atom stereocenters. The topological polar surface area (TPSA) is 88.8 Å². The fraction of sp³-hybridized carbons (Fsp3) is 0.667. The fourth-order valence-corrected chi connectivity index (χ4v) is 4.27. The minimum absolute atomic E-state index is 0.191. The molecule has 4 rings (SSSR count). The van der Waals surface area contributed by atoms with E-state index >= 15 is 0 Å². The number of rotatable bonds is 7. The molecule has 2 aromatic rings. The van der Waals surface area contributed by atoms with Crippen LogP contribution in [0.1, 0.15) is 65.4 Å². The van der Waals surface area contributed by atoms with Gasteiger partial charge in [0.05, 0.1) is 12.7 Å². The number of piperidine rings is 1. The Morgan fingerprint density at radius 2 is 1.90 bits per heavy atom. The van der Waals surface area contributed by atoms with Gasteiger partial charge in [-0.3, -0.25) is 9.48 Å². The summed E-state index contributed by atoms with van der Waals surface area (Å²) in [5.74, 6) is 0.623. The second kappa shape index (κ2) is 9.43. The number of fused-ring (bicyclic) bond motifs is 1. The lowest BCUT2D eigenvalue weighted by atomic mass is 9.95. The molecular formula is C21H31N7O. The number of carbonyl (C=O) groups excluding carboxylic acids is 1. The van der Waals surface area contributed by atoms with Crippen molar-refractivity contribution in [3.63, 3.8) is 0 Å². The molecule has 2 aromatic heterocycles. The van der Waals surface area contributed by atoms with Crippen molar-refractivity contribution >= 4 is 5.91 Å². The summed E-state index contributed by atoms with van der Waals surface area (Å²) in [6.45, 7) is 6.61. The van der Waals surface area contributed by atoms with Gasteiger partial charge in [0, 0.05) is 30.9 Å².